The van der Waals surface area contributed by atoms with E-state index in [1.54, 1.807) is 36.4 Å². The van der Waals surface area contributed by atoms with Gasteiger partial charge in [0.2, 0.25) is 5.91 Å². The molecule has 0 saturated heterocycles. The Hall–Kier alpha value is -2.66. The van der Waals surface area contributed by atoms with Crippen molar-refractivity contribution in [1.29, 1.82) is 0 Å². The molecule has 0 aromatic heterocycles. The van der Waals surface area contributed by atoms with Crippen LogP contribution in [0.2, 0.25) is 0 Å². The molecule has 0 aliphatic carbocycles. The van der Waals surface area contributed by atoms with Gasteiger partial charge in [0, 0.05) is 23.0 Å². The Labute approximate surface area is 136 Å². The van der Waals surface area contributed by atoms with E-state index in [9.17, 15) is 9.59 Å². The van der Waals surface area contributed by atoms with Crippen molar-refractivity contribution in [2.75, 3.05) is 17.2 Å². The van der Waals surface area contributed by atoms with Gasteiger partial charge in [-0.25, -0.2) is 0 Å². The molecule has 0 aliphatic heterocycles. The molecule has 2 amide bonds. The van der Waals surface area contributed by atoms with Crippen LogP contribution in [0.1, 0.15) is 24.2 Å². The molecule has 2 aromatic rings. The third-order valence-corrected chi connectivity index (χ3v) is 3.11. The largest absolute Gasteiger partial charge is 0.325 e. The molecule has 5 heteroatoms. The minimum Gasteiger partial charge on any atom is -0.325 e. The Kier molecular flexibility index (Phi) is 5.88. The molecule has 0 unspecified atom stereocenters. The van der Waals surface area contributed by atoms with E-state index < -0.39 is 0 Å². The van der Waals surface area contributed by atoms with Gasteiger partial charge in [-0.05, 0) is 30.3 Å². The number of hydrogen-bond donors (Lipinski definition) is 3. The van der Waals surface area contributed by atoms with Crippen molar-refractivity contribution in [3.8, 4) is 0 Å². The SMILES string of the molecule is CC(C)NCC(=O)Nc1cccc(NC(=O)c2ccccc2)c1. The van der Waals surface area contributed by atoms with Crippen LogP contribution in [-0.4, -0.2) is 24.4 Å². The zero-order valence-electron chi connectivity index (χ0n) is 13.3. The zero-order chi connectivity index (χ0) is 16.7. The Bertz CT molecular complexity index is 669. The minimum absolute atomic E-state index is 0.120. The van der Waals surface area contributed by atoms with Crippen molar-refractivity contribution < 1.29 is 9.59 Å². The number of rotatable bonds is 6. The second-order valence-electron chi connectivity index (χ2n) is 5.48. The normalized spacial score (nSPS) is 10.4. The van der Waals surface area contributed by atoms with Crippen LogP contribution in [0.15, 0.2) is 54.6 Å². The van der Waals surface area contributed by atoms with Crippen molar-refractivity contribution in [2.45, 2.75) is 19.9 Å². The lowest BCUT2D eigenvalue weighted by Gasteiger charge is -2.10. The Morgan fingerprint density at radius 1 is 0.913 bits per heavy atom. The lowest BCUT2D eigenvalue weighted by atomic mass is 10.2. The summed E-state index contributed by atoms with van der Waals surface area (Å²) in [5.41, 5.74) is 1.86. The first-order valence-corrected chi connectivity index (χ1v) is 7.54. The molecular formula is C18H21N3O2. The number of anilines is 2. The van der Waals surface area contributed by atoms with Crippen LogP contribution in [0.5, 0.6) is 0 Å². The van der Waals surface area contributed by atoms with Gasteiger partial charge in [0.1, 0.15) is 0 Å². The standard InChI is InChI=1S/C18H21N3O2/c1-13(2)19-12-17(22)20-15-9-6-10-16(11-15)21-18(23)14-7-4-3-5-8-14/h3-11,13,19H,12H2,1-2H3,(H,20,22)(H,21,23). The number of hydrogen-bond acceptors (Lipinski definition) is 3. The maximum atomic E-state index is 12.1. The third-order valence-electron chi connectivity index (χ3n) is 3.11. The van der Waals surface area contributed by atoms with E-state index in [1.807, 2.05) is 32.0 Å². The molecule has 23 heavy (non-hydrogen) atoms. The van der Waals surface area contributed by atoms with Crippen molar-refractivity contribution in [3.63, 3.8) is 0 Å². The molecule has 0 atom stereocenters. The van der Waals surface area contributed by atoms with Crippen LogP contribution in [0.4, 0.5) is 11.4 Å². The van der Waals surface area contributed by atoms with E-state index in [4.69, 9.17) is 0 Å². The molecule has 0 aliphatic rings. The molecule has 0 bridgehead atoms. The summed E-state index contributed by atoms with van der Waals surface area (Å²) in [6.45, 7) is 4.21. The summed E-state index contributed by atoms with van der Waals surface area (Å²) in [5.74, 6) is -0.305. The molecule has 120 valence electrons. The second kappa shape index (κ2) is 8.10. The average Bonchev–Trinajstić information content (AvgIpc) is 2.54. The first-order chi connectivity index (χ1) is 11.0. The first-order valence-electron chi connectivity index (χ1n) is 7.54. The summed E-state index contributed by atoms with van der Waals surface area (Å²) in [5, 5.41) is 8.67. The monoisotopic (exact) mass is 311 g/mol. The quantitative estimate of drug-likeness (QED) is 0.768. The first kappa shape index (κ1) is 16.7. The summed E-state index contributed by atoms with van der Waals surface area (Å²) >= 11 is 0. The highest BCUT2D eigenvalue weighted by Crippen LogP contribution is 2.16. The average molecular weight is 311 g/mol. The third kappa shape index (κ3) is 5.56. The van der Waals surface area contributed by atoms with Gasteiger partial charge in [-0.1, -0.05) is 38.1 Å². The van der Waals surface area contributed by atoms with Gasteiger partial charge in [0.25, 0.3) is 5.91 Å². The summed E-state index contributed by atoms with van der Waals surface area (Å²) < 4.78 is 0. The molecule has 2 aromatic carbocycles. The van der Waals surface area contributed by atoms with Gasteiger partial charge < -0.3 is 16.0 Å². The molecule has 0 spiro atoms. The highest BCUT2D eigenvalue weighted by molar-refractivity contribution is 6.04. The summed E-state index contributed by atoms with van der Waals surface area (Å²) in [6.07, 6.45) is 0. The summed E-state index contributed by atoms with van der Waals surface area (Å²) in [7, 11) is 0. The summed E-state index contributed by atoms with van der Waals surface area (Å²) in [6, 6.07) is 16.3. The van der Waals surface area contributed by atoms with Gasteiger partial charge in [0.05, 0.1) is 6.54 Å². The predicted molar refractivity (Wildman–Crippen MR) is 92.6 cm³/mol. The number of amides is 2. The van der Waals surface area contributed by atoms with Gasteiger partial charge in [0.15, 0.2) is 0 Å². The molecule has 0 radical (unpaired) electrons. The van der Waals surface area contributed by atoms with Crippen LogP contribution in [0, 0.1) is 0 Å². The van der Waals surface area contributed by atoms with Crippen LogP contribution in [0.3, 0.4) is 0 Å². The fourth-order valence-electron chi connectivity index (χ4n) is 1.97. The van der Waals surface area contributed by atoms with Crippen molar-refractivity contribution >= 4 is 23.2 Å². The van der Waals surface area contributed by atoms with E-state index in [0.29, 0.717) is 16.9 Å². The number of carbonyl (C=O) groups excluding carboxylic acids is 2. The van der Waals surface area contributed by atoms with Gasteiger partial charge >= 0.3 is 0 Å². The van der Waals surface area contributed by atoms with E-state index in [2.05, 4.69) is 16.0 Å². The molecular weight excluding hydrogens is 290 g/mol. The van der Waals surface area contributed by atoms with Crippen molar-refractivity contribution in [2.24, 2.45) is 0 Å². The molecule has 0 heterocycles. The Morgan fingerprint density at radius 2 is 1.57 bits per heavy atom. The fraction of sp³-hybridized carbons (Fsp3) is 0.222. The minimum atomic E-state index is -0.185. The molecule has 3 N–H and O–H groups in total. The van der Waals surface area contributed by atoms with E-state index in [-0.39, 0.29) is 24.4 Å². The fourth-order valence-corrected chi connectivity index (χ4v) is 1.97. The van der Waals surface area contributed by atoms with E-state index in [0.717, 1.165) is 0 Å². The second-order valence-corrected chi connectivity index (χ2v) is 5.48. The number of nitrogens with one attached hydrogen (secondary N) is 3. The Morgan fingerprint density at radius 3 is 2.22 bits per heavy atom. The maximum absolute atomic E-state index is 12.1. The molecule has 0 fully saturated rings. The molecule has 0 saturated carbocycles. The zero-order valence-corrected chi connectivity index (χ0v) is 13.3. The van der Waals surface area contributed by atoms with E-state index in [1.165, 1.54) is 0 Å². The van der Waals surface area contributed by atoms with E-state index >= 15 is 0 Å². The van der Waals surface area contributed by atoms with Crippen LogP contribution in [0.25, 0.3) is 0 Å². The molecule has 2 rings (SSSR count). The van der Waals surface area contributed by atoms with Crippen LogP contribution in [-0.2, 0) is 4.79 Å². The highest BCUT2D eigenvalue weighted by atomic mass is 16.2. The molecule has 5 nitrogen and oxygen atoms in total. The van der Waals surface area contributed by atoms with Gasteiger partial charge in [-0.2, -0.15) is 0 Å². The van der Waals surface area contributed by atoms with Crippen molar-refractivity contribution in [1.82, 2.24) is 5.32 Å². The van der Waals surface area contributed by atoms with Gasteiger partial charge in [-0.3, -0.25) is 9.59 Å². The summed E-state index contributed by atoms with van der Waals surface area (Å²) in [4.78, 5) is 23.9. The highest BCUT2D eigenvalue weighted by Gasteiger charge is 2.07. The smallest absolute Gasteiger partial charge is 0.255 e. The lowest BCUT2D eigenvalue weighted by Crippen LogP contribution is -2.32. The Balaban J connectivity index is 1.97. The maximum Gasteiger partial charge on any atom is 0.255 e. The van der Waals surface area contributed by atoms with Crippen LogP contribution >= 0.6 is 0 Å². The lowest BCUT2D eigenvalue weighted by molar-refractivity contribution is -0.115. The van der Waals surface area contributed by atoms with Crippen LogP contribution < -0.4 is 16.0 Å². The number of benzene rings is 2. The van der Waals surface area contributed by atoms with Gasteiger partial charge in [-0.15, -0.1) is 0 Å². The number of carbonyl (C=O) groups is 2. The van der Waals surface area contributed by atoms with Crippen molar-refractivity contribution in [3.05, 3.63) is 60.2 Å². The predicted octanol–water partition coefficient (Wildman–Crippen LogP) is 2.88. The topological polar surface area (TPSA) is 70.2 Å².